The highest BCUT2D eigenvalue weighted by Crippen LogP contribution is 1.96. The van der Waals surface area contributed by atoms with Crippen molar-refractivity contribution in [1.29, 1.82) is 0 Å². The van der Waals surface area contributed by atoms with E-state index >= 15 is 0 Å². The maximum atomic E-state index is 3.69. The molecule has 0 radical (unpaired) electrons. The molecule has 0 aromatic carbocycles. The molecule has 1 unspecified atom stereocenters. The fourth-order valence-electron chi connectivity index (χ4n) is 0.884. The Labute approximate surface area is 58.2 Å². The highest BCUT2D eigenvalue weighted by atomic mass is 14.9. The molecule has 1 heteroatoms. The van der Waals surface area contributed by atoms with Gasteiger partial charge in [-0.05, 0) is 19.4 Å². The van der Waals surface area contributed by atoms with E-state index in [4.69, 9.17) is 0 Å². The Balaban J connectivity index is 3.28. The van der Waals surface area contributed by atoms with E-state index in [1.54, 1.807) is 0 Å². The smallest absolute Gasteiger partial charge is 0.00987 e. The van der Waals surface area contributed by atoms with Crippen LogP contribution in [0.2, 0.25) is 0 Å². The van der Waals surface area contributed by atoms with Crippen molar-refractivity contribution >= 4 is 0 Å². The second-order valence-electron chi connectivity index (χ2n) is 2.19. The minimum Gasteiger partial charge on any atom is -0.314 e. The molecule has 1 N–H and O–H groups in total. The molecular weight excluding hydrogens is 110 g/mol. The van der Waals surface area contributed by atoms with Gasteiger partial charge in [-0.15, -0.1) is 6.58 Å². The third-order valence-electron chi connectivity index (χ3n) is 1.44. The molecule has 0 aromatic heterocycles. The van der Waals surface area contributed by atoms with E-state index < -0.39 is 0 Å². The molecule has 54 valence electrons. The first-order chi connectivity index (χ1) is 4.35. The van der Waals surface area contributed by atoms with Crippen molar-refractivity contribution in [3.8, 4) is 0 Å². The summed E-state index contributed by atoms with van der Waals surface area (Å²) in [5.41, 5.74) is 0. The van der Waals surface area contributed by atoms with Gasteiger partial charge in [-0.2, -0.15) is 0 Å². The molecular formula is C8H17N. The van der Waals surface area contributed by atoms with Crippen molar-refractivity contribution in [1.82, 2.24) is 5.32 Å². The van der Waals surface area contributed by atoms with Gasteiger partial charge in [0, 0.05) is 6.04 Å². The Hall–Kier alpha value is -0.300. The topological polar surface area (TPSA) is 12.0 Å². The van der Waals surface area contributed by atoms with Gasteiger partial charge in [0.1, 0.15) is 0 Å². The zero-order chi connectivity index (χ0) is 7.11. The number of hydrogen-bond acceptors (Lipinski definition) is 1. The summed E-state index contributed by atoms with van der Waals surface area (Å²) in [6.45, 7) is 9.07. The van der Waals surface area contributed by atoms with Gasteiger partial charge in [-0.3, -0.25) is 0 Å². The Kier molecular flexibility index (Phi) is 5.64. The van der Waals surface area contributed by atoms with Gasteiger partial charge >= 0.3 is 0 Å². The van der Waals surface area contributed by atoms with Gasteiger partial charge in [-0.1, -0.05) is 19.9 Å². The standard InChI is InChI=1S/C8H17N/c1-4-7-8(5-2)9-6-3/h4,8-9H,1,5-7H2,2-3H3. The predicted molar refractivity (Wildman–Crippen MR) is 42.6 cm³/mol. The highest BCUT2D eigenvalue weighted by molar-refractivity contribution is 4.76. The first-order valence-corrected chi connectivity index (χ1v) is 3.69. The van der Waals surface area contributed by atoms with E-state index in [1.165, 1.54) is 6.42 Å². The van der Waals surface area contributed by atoms with Crippen molar-refractivity contribution in [2.75, 3.05) is 6.54 Å². The average Bonchev–Trinajstić information content (AvgIpc) is 1.88. The molecule has 0 aliphatic heterocycles. The summed E-state index contributed by atoms with van der Waals surface area (Å²) in [4.78, 5) is 0. The van der Waals surface area contributed by atoms with Crippen LogP contribution in [0.3, 0.4) is 0 Å². The molecule has 0 fully saturated rings. The molecule has 0 heterocycles. The van der Waals surface area contributed by atoms with Crippen LogP contribution >= 0.6 is 0 Å². The molecule has 0 aromatic rings. The lowest BCUT2D eigenvalue weighted by atomic mass is 10.1. The van der Waals surface area contributed by atoms with Crippen molar-refractivity contribution in [3.05, 3.63) is 12.7 Å². The highest BCUT2D eigenvalue weighted by Gasteiger charge is 1.98. The van der Waals surface area contributed by atoms with E-state index in [0.29, 0.717) is 6.04 Å². The van der Waals surface area contributed by atoms with Gasteiger partial charge < -0.3 is 5.32 Å². The van der Waals surface area contributed by atoms with Crippen molar-refractivity contribution in [2.24, 2.45) is 0 Å². The summed E-state index contributed by atoms with van der Waals surface area (Å²) in [5.74, 6) is 0. The zero-order valence-electron chi connectivity index (χ0n) is 6.48. The van der Waals surface area contributed by atoms with E-state index in [-0.39, 0.29) is 0 Å². The van der Waals surface area contributed by atoms with Crippen LogP contribution in [0.25, 0.3) is 0 Å². The molecule has 0 aliphatic rings. The Bertz CT molecular complexity index is 69.0. The number of hydrogen-bond donors (Lipinski definition) is 1. The Morgan fingerprint density at radius 2 is 2.22 bits per heavy atom. The monoisotopic (exact) mass is 127 g/mol. The first kappa shape index (κ1) is 8.70. The lowest BCUT2D eigenvalue weighted by Crippen LogP contribution is -2.27. The fraction of sp³-hybridized carbons (Fsp3) is 0.750. The molecule has 0 saturated carbocycles. The normalized spacial score (nSPS) is 13.1. The molecule has 0 bridgehead atoms. The molecule has 0 aliphatic carbocycles. The molecule has 0 rings (SSSR count). The van der Waals surface area contributed by atoms with Crippen LogP contribution < -0.4 is 5.32 Å². The summed E-state index contributed by atoms with van der Waals surface area (Å²) in [6.07, 6.45) is 4.25. The zero-order valence-corrected chi connectivity index (χ0v) is 6.48. The second kappa shape index (κ2) is 5.83. The van der Waals surface area contributed by atoms with Gasteiger partial charge in [0.2, 0.25) is 0 Å². The summed E-state index contributed by atoms with van der Waals surface area (Å²) >= 11 is 0. The lowest BCUT2D eigenvalue weighted by molar-refractivity contribution is 0.518. The summed E-state index contributed by atoms with van der Waals surface area (Å²) in [7, 11) is 0. The van der Waals surface area contributed by atoms with Gasteiger partial charge in [0.05, 0.1) is 0 Å². The maximum absolute atomic E-state index is 3.69. The molecule has 1 nitrogen and oxygen atoms in total. The van der Waals surface area contributed by atoms with Crippen LogP contribution in [-0.4, -0.2) is 12.6 Å². The largest absolute Gasteiger partial charge is 0.314 e. The third kappa shape index (κ3) is 4.22. The van der Waals surface area contributed by atoms with E-state index in [0.717, 1.165) is 13.0 Å². The quantitative estimate of drug-likeness (QED) is 0.557. The van der Waals surface area contributed by atoms with Crippen LogP contribution in [0.4, 0.5) is 0 Å². The SMILES string of the molecule is C=CCC(CC)NCC. The molecule has 0 spiro atoms. The van der Waals surface area contributed by atoms with Crippen LogP contribution in [0.1, 0.15) is 26.7 Å². The minimum atomic E-state index is 0.646. The summed E-state index contributed by atoms with van der Waals surface area (Å²) in [5, 5.41) is 3.36. The van der Waals surface area contributed by atoms with Gasteiger partial charge in [0.15, 0.2) is 0 Å². The molecule has 0 amide bonds. The summed E-state index contributed by atoms with van der Waals surface area (Å²) < 4.78 is 0. The van der Waals surface area contributed by atoms with E-state index in [9.17, 15) is 0 Å². The van der Waals surface area contributed by atoms with Crippen molar-refractivity contribution in [3.63, 3.8) is 0 Å². The lowest BCUT2D eigenvalue weighted by Gasteiger charge is -2.11. The van der Waals surface area contributed by atoms with E-state index in [1.807, 2.05) is 6.08 Å². The Morgan fingerprint density at radius 1 is 1.56 bits per heavy atom. The summed E-state index contributed by atoms with van der Waals surface area (Å²) in [6, 6.07) is 0.646. The Morgan fingerprint density at radius 3 is 2.56 bits per heavy atom. The van der Waals surface area contributed by atoms with Crippen molar-refractivity contribution in [2.45, 2.75) is 32.7 Å². The van der Waals surface area contributed by atoms with Crippen LogP contribution in [0.5, 0.6) is 0 Å². The fourth-order valence-corrected chi connectivity index (χ4v) is 0.884. The van der Waals surface area contributed by atoms with Crippen LogP contribution in [-0.2, 0) is 0 Å². The average molecular weight is 127 g/mol. The molecule has 1 atom stereocenters. The number of rotatable bonds is 5. The second-order valence-corrected chi connectivity index (χ2v) is 2.19. The number of nitrogens with one attached hydrogen (secondary N) is 1. The maximum Gasteiger partial charge on any atom is 0.00987 e. The molecule has 9 heavy (non-hydrogen) atoms. The van der Waals surface area contributed by atoms with Crippen molar-refractivity contribution < 1.29 is 0 Å². The van der Waals surface area contributed by atoms with Gasteiger partial charge in [0.25, 0.3) is 0 Å². The third-order valence-corrected chi connectivity index (χ3v) is 1.44. The van der Waals surface area contributed by atoms with Crippen LogP contribution in [0, 0.1) is 0 Å². The van der Waals surface area contributed by atoms with E-state index in [2.05, 4.69) is 25.7 Å². The first-order valence-electron chi connectivity index (χ1n) is 3.69. The van der Waals surface area contributed by atoms with Crippen LogP contribution in [0.15, 0.2) is 12.7 Å². The minimum absolute atomic E-state index is 0.646. The molecule has 0 saturated heterocycles. The predicted octanol–water partition coefficient (Wildman–Crippen LogP) is 1.95. The van der Waals surface area contributed by atoms with Gasteiger partial charge in [-0.25, -0.2) is 0 Å².